The van der Waals surface area contributed by atoms with Gasteiger partial charge in [0.05, 0.1) is 30.5 Å². The van der Waals surface area contributed by atoms with Crippen molar-refractivity contribution in [2.45, 2.75) is 13.0 Å². The number of amides is 1. The number of halogens is 1. The number of carbonyl (C=O) groups is 1. The van der Waals surface area contributed by atoms with Crippen LogP contribution in [0.4, 0.5) is 0 Å². The molecule has 1 aliphatic heterocycles. The monoisotopic (exact) mass is 304 g/mol. The van der Waals surface area contributed by atoms with Crippen molar-refractivity contribution in [2.24, 2.45) is 0 Å². The van der Waals surface area contributed by atoms with Crippen LogP contribution in [0.15, 0.2) is 5.51 Å². The van der Waals surface area contributed by atoms with Gasteiger partial charge in [0.2, 0.25) is 0 Å². The van der Waals surface area contributed by atoms with E-state index in [1.807, 2.05) is 11.8 Å². The van der Waals surface area contributed by atoms with Crippen molar-refractivity contribution in [3.05, 3.63) is 16.1 Å². The first-order valence-electron chi connectivity index (χ1n) is 5.08. The van der Waals surface area contributed by atoms with Gasteiger partial charge in [0.15, 0.2) is 0 Å². The van der Waals surface area contributed by atoms with Crippen LogP contribution in [0, 0.1) is 6.92 Å². The van der Waals surface area contributed by atoms with Crippen molar-refractivity contribution in [2.75, 3.05) is 25.1 Å². The van der Waals surface area contributed by atoms with E-state index in [1.165, 1.54) is 11.3 Å². The minimum atomic E-state index is 0.0766. The van der Waals surface area contributed by atoms with E-state index in [0.29, 0.717) is 19.8 Å². The molecule has 1 amide bonds. The number of alkyl halides is 1. The second kappa shape index (κ2) is 5.25. The van der Waals surface area contributed by atoms with Crippen LogP contribution in [0.3, 0.4) is 0 Å². The third-order valence-corrected chi connectivity index (χ3v) is 4.27. The summed E-state index contributed by atoms with van der Waals surface area (Å²) >= 11 is 4.82. The number of nitrogens with zero attached hydrogens (tertiary/aromatic N) is 2. The summed E-state index contributed by atoms with van der Waals surface area (Å²) in [6.45, 7) is 3.75. The number of aromatic nitrogens is 1. The predicted molar refractivity (Wildman–Crippen MR) is 66.3 cm³/mol. The average molecular weight is 305 g/mol. The van der Waals surface area contributed by atoms with Gasteiger partial charge >= 0.3 is 0 Å². The number of hydrogen-bond acceptors (Lipinski definition) is 4. The maximum atomic E-state index is 12.3. The highest BCUT2D eigenvalue weighted by molar-refractivity contribution is 9.09. The Morgan fingerprint density at radius 2 is 2.62 bits per heavy atom. The summed E-state index contributed by atoms with van der Waals surface area (Å²) in [5.41, 5.74) is 2.53. The van der Waals surface area contributed by atoms with Crippen molar-refractivity contribution >= 4 is 33.2 Å². The zero-order valence-corrected chi connectivity index (χ0v) is 11.4. The number of morpholine rings is 1. The molecule has 6 heteroatoms. The van der Waals surface area contributed by atoms with Gasteiger partial charge in [-0.1, -0.05) is 15.9 Å². The summed E-state index contributed by atoms with van der Waals surface area (Å²) < 4.78 is 5.36. The molecule has 1 saturated heterocycles. The molecule has 16 heavy (non-hydrogen) atoms. The van der Waals surface area contributed by atoms with Crippen LogP contribution in [0.5, 0.6) is 0 Å². The normalized spacial score (nSPS) is 21.1. The smallest absolute Gasteiger partial charge is 0.266 e. The quantitative estimate of drug-likeness (QED) is 0.781. The number of carbonyl (C=O) groups excluding carboxylic acids is 1. The van der Waals surface area contributed by atoms with E-state index < -0.39 is 0 Å². The van der Waals surface area contributed by atoms with Gasteiger partial charge in [-0.05, 0) is 6.92 Å². The molecule has 1 unspecified atom stereocenters. The van der Waals surface area contributed by atoms with Crippen LogP contribution in [0.2, 0.25) is 0 Å². The molecule has 0 aromatic carbocycles. The first-order valence-corrected chi connectivity index (χ1v) is 7.09. The van der Waals surface area contributed by atoms with Gasteiger partial charge in [-0.25, -0.2) is 4.98 Å². The van der Waals surface area contributed by atoms with Crippen molar-refractivity contribution in [3.8, 4) is 0 Å². The van der Waals surface area contributed by atoms with Crippen LogP contribution in [0.1, 0.15) is 15.4 Å². The van der Waals surface area contributed by atoms with E-state index >= 15 is 0 Å². The molecule has 2 rings (SSSR count). The molecule has 2 heterocycles. The molecule has 1 aromatic heterocycles. The van der Waals surface area contributed by atoms with Gasteiger partial charge in [0.25, 0.3) is 5.91 Å². The first-order chi connectivity index (χ1) is 7.74. The number of ether oxygens (including phenoxy) is 1. The molecular weight excluding hydrogens is 292 g/mol. The van der Waals surface area contributed by atoms with Crippen molar-refractivity contribution in [1.82, 2.24) is 9.88 Å². The molecule has 88 valence electrons. The zero-order valence-electron chi connectivity index (χ0n) is 8.98. The van der Waals surface area contributed by atoms with Crippen molar-refractivity contribution < 1.29 is 9.53 Å². The average Bonchev–Trinajstić information content (AvgIpc) is 2.74. The lowest BCUT2D eigenvalue weighted by molar-refractivity contribution is 0.00547. The molecule has 0 spiro atoms. The predicted octanol–water partition coefficient (Wildman–Crippen LogP) is 1.69. The van der Waals surface area contributed by atoms with Gasteiger partial charge in [0.1, 0.15) is 4.88 Å². The molecule has 0 saturated carbocycles. The fraction of sp³-hybridized carbons (Fsp3) is 0.600. The summed E-state index contributed by atoms with van der Waals surface area (Å²) in [6.07, 6.45) is 0. The van der Waals surface area contributed by atoms with Gasteiger partial charge in [0, 0.05) is 11.9 Å². The second-order valence-corrected chi connectivity index (χ2v) is 5.15. The van der Waals surface area contributed by atoms with Gasteiger partial charge in [-0.3, -0.25) is 4.79 Å². The molecule has 1 aromatic rings. The molecule has 0 aliphatic carbocycles. The van der Waals surface area contributed by atoms with Crippen LogP contribution >= 0.6 is 27.3 Å². The van der Waals surface area contributed by atoms with E-state index in [4.69, 9.17) is 4.74 Å². The molecule has 0 radical (unpaired) electrons. The van der Waals surface area contributed by atoms with Crippen molar-refractivity contribution in [3.63, 3.8) is 0 Å². The standard InChI is InChI=1S/C10H13BrN2O2S/c1-7-9(16-6-12-7)10(14)13-2-3-15-5-8(13)4-11/h6,8H,2-5H2,1H3. The number of thiazole rings is 1. The fourth-order valence-corrected chi connectivity index (χ4v) is 2.98. The molecule has 1 atom stereocenters. The number of rotatable bonds is 2. The Hall–Kier alpha value is -0.460. The minimum absolute atomic E-state index is 0.0766. The molecule has 4 nitrogen and oxygen atoms in total. The highest BCUT2D eigenvalue weighted by atomic mass is 79.9. The maximum absolute atomic E-state index is 12.3. The molecule has 0 N–H and O–H groups in total. The van der Waals surface area contributed by atoms with Gasteiger partial charge in [-0.15, -0.1) is 11.3 Å². The van der Waals surface area contributed by atoms with Crippen LogP contribution in [-0.2, 0) is 4.74 Å². The van der Waals surface area contributed by atoms with E-state index in [2.05, 4.69) is 20.9 Å². The van der Waals surface area contributed by atoms with Crippen LogP contribution in [0.25, 0.3) is 0 Å². The van der Waals surface area contributed by atoms with Gasteiger partial charge in [-0.2, -0.15) is 0 Å². The van der Waals surface area contributed by atoms with Crippen molar-refractivity contribution in [1.29, 1.82) is 0 Å². The van der Waals surface area contributed by atoms with E-state index in [-0.39, 0.29) is 11.9 Å². The lowest BCUT2D eigenvalue weighted by atomic mass is 10.2. The summed E-state index contributed by atoms with van der Waals surface area (Å²) in [4.78, 5) is 19.0. The van der Waals surface area contributed by atoms with Gasteiger partial charge < -0.3 is 9.64 Å². The van der Waals surface area contributed by atoms with Crippen LogP contribution < -0.4 is 0 Å². The third-order valence-electron chi connectivity index (χ3n) is 2.61. The Balaban J connectivity index is 2.17. The van der Waals surface area contributed by atoms with E-state index in [9.17, 15) is 4.79 Å². The van der Waals surface area contributed by atoms with Crippen LogP contribution in [-0.4, -0.2) is 46.9 Å². The Kier molecular flexibility index (Phi) is 3.94. The molecular formula is C10H13BrN2O2S. The minimum Gasteiger partial charge on any atom is -0.377 e. The first kappa shape index (κ1) is 12.0. The Labute approximate surface area is 107 Å². The molecule has 0 bridgehead atoms. The highest BCUT2D eigenvalue weighted by Crippen LogP contribution is 2.19. The lowest BCUT2D eigenvalue weighted by Gasteiger charge is -2.34. The largest absolute Gasteiger partial charge is 0.377 e. The topological polar surface area (TPSA) is 42.4 Å². The maximum Gasteiger partial charge on any atom is 0.266 e. The number of aryl methyl sites for hydroxylation is 1. The molecule has 1 aliphatic rings. The summed E-state index contributed by atoms with van der Waals surface area (Å²) in [6, 6.07) is 0.128. The number of hydrogen-bond donors (Lipinski definition) is 0. The zero-order chi connectivity index (χ0) is 11.5. The lowest BCUT2D eigenvalue weighted by Crippen LogP contribution is -2.49. The SMILES string of the molecule is Cc1ncsc1C(=O)N1CCOCC1CBr. The third kappa shape index (κ3) is 2.28. The fourth-order valence-electron chi connectivity index (χ4n) is 1.69. The Bertz CT molecular complexity index is 383. The summed E-state index contributed by atoms with van der Waals surface area (Å²) in [7, 11) is 0. The Morgan fingerprint density at radius 3 is 3.25 bits per heavy atom. The highest BCUT2D eigenvalue weighted by Gasteiger charge is 2.28. The second-order valence-electron chi connectivity index (χ2n) is 3.65. The molecule has 1 fully saturated rings. The summed E-state index contributed by atoms with van der Waals surface area (Å²) in [5, 5.41) is 0.747. The Morgan fingerprint density at radius 1 is 1.81 bits per heavy atom. The van der Waals surface area contributed by atoms with E-state index in [1.54, 1.807) is 5.51 Å². The van der Waals surface area contributed by atoms with E-state index in [0.717, 1.165) is 15.9 Å². The summed E-state index contributed by atoms with van der Waals surface area (Å²) in [5.74, 6) is 0.0766.